The number of rotatable bonds is 11. The summed E-state index contributed by atoms with van der Waals surface area (Å²) in [4.78, 5) is 26.3. The third-order valence-electron chi connectivity index (χ3n) is 9.34. The molecule has 2 heterocycles. The van der Waals surface area contributed by atoms with Gasteiger partial charge in [0.2, 0.25) is 0 Å². The maximum Gasteiger partial charge on any atom is 0.309 e. The molecule has 0 saturated carbocycles. The summed E-state index contributed by atoms with van der Waals surface area (Å²) < 4.78 is 0. The van der Waals surface area contributed by atoms with Crippen LogP contribution in [0.1, 0.15) is 50.3 Å². The molecule has 3 aromatic rings. The van der Waals surface area contributed by atoms with Crippen LogP contribution in [0.15, 0.2) is 114 Å². The number of quaternary nitrogens is 1. The second kappa shape index (κ2) is 13.0. The molecule has 0 fully saturated rings. The van der Waals surface area contributed by atoms with Crippen molar-refractivity contribution in [2.24, 2.45) is 0 Å². The van der Waals surface area contributed by atoms with Crippen LogP contribution in [-0.2, 0) is 26.8 Å². The Morgan fingerprint density at radius 2 is 1.56 bits per heavy atom. The maximum absolute atomic E-state index is 11.7. The van der Waals surface area contributed by atoms with E-state index in [0.29, 0.717) is 18.7 Å². The van der Waals surface area contributed by atoms with Crippen molar-refractivity contribution in [2.75, 3.05) is 18.0 Å². The van der Waals surface area contributed by atoms with Crippen molar-refractivity contribution in [3.05, 3.63) is 131 Å². The highest BCUT2D eigenvalue weighted by molar-refractivity contribution is 5.73. The van der Waals surface area contributed by atoms with Gasteiger partial charge in [0.05, 0.1) is 36.4 Å². The molecule has 45 heavy (non-hydrogen) atoms. The molecule has 0 aliphatic carbocycles. The lowest BCUT2D eigenvalue weighted by Crippen LogP contribution is -3.11. The number of aliphatic carboxylic acids is 2. The Morgan fingerprint density at radius 1 is 0.911 bits per heavy atom. The molecular formula is C38H40N3O4+. The minimum absolute atomic E-state index is 0.00628. The van der Waals surface area contributed by atoms with Crippen LogP contribution in [0.4, 0.5) is 11.4 Å². The van der Waals surface area contributed by atoms with E-state index in [1.165, 1.54) is 11.1 Å². The summed E-state index contributed by atoms with van der Waals surface area (Å²) in [6, 6.07) is 28.8. The van der Waals surface area contributed by atoms with E-state index in [-0.39, 0.29) is 29.7 Å². The van der Waals surface area contributed by atoms with Crippen molar-refractivity contribution in [3.8, 4) is 6.07 Å². The molecule has 3 unspecified atom stereocenters. The van der Waals surface area contributed by atoms with Crippen molar-refractivity contribution in [3.63, 3.8) is 0 Å². The highest BCUT2D eigenvalue weighted by atomic mass is 16.4. The van der Waals surface area contributed by atoms with Gasteiger partial charge in [-0.2, -0.15) is 5.26 Å². The van der Waals surface area contributed by atoms with E-state index in [1.807, 2.05) is 65.6 Å². The SMILES string of the molecule is CC1(C)\C(=C/C=C(C#N)/C=C/C2[NH+](CCC(=O)O)c3ccccc3C2(C)Cc2ccccc2)N(CCC(=O)O)c2ccccc21. The number of allylic oxidation sites excluding steroid dienone is 5. The Morgan fingerprint density at radius 3 is 2.24 bits per heavy atom. The quantitative estimate of drug-likeness (QED) is 0.191. The van der Waals surface area contributed by atoms with Crippen molar-refractivity contribution >= 4 is 23.3 Å². The van der Waals surface area contributed by atoms with E-state index in [9.17, 15) is 25.1 Å². The topological polar surface area (TPSA) is 106 Å². The predicted octanol–water partition coefficient (Wildman–Crippen LogP) is 5.72. The monoisotopic (exact) mass is 602 g/mol. The van der Waals surface area contributed by atoms with Crippen molar-refractivity contribution < 1.29 is 24.7 Å². The van der Waals surface area contributed by atoms with Crippen molar-refractivity contribution in [1.82, 2.24) is 0 Å². The van der Waals surface area contributed by atoms with Crippen LogP contribution >= 0.6 is 0 Å². The second-order valence-electron chi connectivity index (χ2n) is 12.6. The number of nitrogens with one attached hydrogen (secondary N) is 1. The molecule has 0 aromatic heterocycles. The van der Waals surface area contributed by atoms with E-state index in [1.54, 1.807) is 6.08 Å². The van der Waals surface area contributed by atoms with Gasteiger partial charge in [-0.15, -0.1) is 0 Å². The number of fused-ring (bicyclic) bond motifs is 2. The van der Waals surface area contributed by atoms with Crippen LogP contribution in [-0.4, -0.2) is 41.3 Å². The summed E-state index contributed by atoms with van der Waals surface area (Å²) in [5.41, 5.74) is 6.24. The van der Waals surface area contributed by atoms with Gasteiger partial charge in [-0.3, -0.25) is 14.5 Å². The molecule has 0 amide bonds. The Bertz CT molecular complexity index is 1720. The van der Waals surface area contributed by atoms with Crippen molar-refractivity contribution in [1.29, 1.82) is 5.26 Å². The second-order valence-corrected chi connectivity index (χ2v) is 12.6. The first-order valence-corrected chi connectivity index (χ1v) is 15.4. The summed E-state index contributed by atoms with van der Waals surface area (Å²) in [6.07, 6.45) is 8.46. The van der Waals surface area contributed by atoms with Crippen LogP contribution in [0.5, 0.6) is 0 Å². The molecule has 0 spiro atoms. The zero-order valence-corrected chi connectivity index (χ0v) is 26.0. The molecular weight excluding hydrogens is 562 g/mol. The van der Waals surface area contributed by atoms with Crippen LogP contribution in [0.2, 0.25) is 0 Å². The van der Waals surface area contributed by atoms with E-state index in [4.69, 9.17) is 0 Å². The number of hydrogen-bond donors (Lipinski definition) is 3. The Kier molecular flexibility index (Phi) is 9.08. The first-order chi connectivity index (χ1) is 21.6. The van der Waals surface area contributed by atoms with Gasteiger partial charge >= 0.3 is 11.9 Å². The summed E-state index contributed by atoms with van der Waals surface area (Å²) in [7, 11) is 0. The molecule has 2 aliphatic heterocycles. The maximum atomic E-state index is 11.7. The van der Waals surface area contributed by atoms with Gasteiger partial charge < -0.3 is 15.1 Å². The normalized spacial score (nSPS) is 22.8. The average molecular weight is 603 g/mol. The van der Waals surface area contributed by atoms with E-state index < -0.39 is 11.9 Å². The molecule has 0 bridgehead atoms. The van der Waals surface area contributed by atoms with E-state index in [2.05, 4.69) is 63.2 Å². The Labute approximate surface area is 265 Å². The standard InChI is InChI=1S/C38H39N3O4/c1-37(2)29-13-7-9-15-31(29)40(23-21-35(42)43)33(37)19-17-28(26-39)18-20-34-38(3,25-27-11-5-4-6-12-27)30-14-8-10-16-32(30)41(34)24-22-36(44)45/h4-20,34H,21-25H2,1-3H3,(H,42,43)(H,44,45)/p+1/b20-18+,28-17-,33-19+. The lowest BCUT2D eigenvalue weighted by Gasteiger charge is -2.31. The molecule has 2 aliphatic rings. The largest absolute Gasteiger partial charge is 0.481 e. The number of hydrogen-bond acceptors (Lipinski definition) is 4. The zero-order valence-electron chi connectivity index (χ0n) is 26.0. The molecule has 230 valence electrons. The number of anilines is 1. The number of carboxylic acids is 2. The number of para-hydroxylation sites is 2. The van der Waals surface area contributed by atoms with Gasteiger partial charge in [-0.05, 0) is 60.9 Å². The molecule has 3 N–H and O–H groups in total. The summed E-state index contributed by atoms with van der Waals surface area (Å²) in [6.45, 7) is 7.21. The lowest BCUT2D eigenvalue weighted by molar-refractivity contribution is -0.850. The fraction of sp³-hybridized carbons (Fsp3) is 0.289. The minimum Gasteiger partial charge on any atom is -0.481 e. The smallest absolute Gasteiger partial charge is 0.309 e. The Hall–Kier alpha value is -4.93. The van der Waals surface area contributed by atoms with Gasteiger partial charge in [-0.25, -0.2) is 0 Å². The number of nitriles is 1. The number of benzene rings is 3. The van der Waals surface area contributed by atoms with Gasteiger partial charge in [-0.1, -0.05) is 80.6 Å². The lowest BCUT2D eigenvalue weighted by atomic mass is 9.73. The van der Waals surface area contributed by atoms with Crippen LogP contribution in [0.3, 0.4) is 0 Å². The number of carbonyl (C=O) groups is 2. The third kappa shape index (κ3) is 6.33. The van der Waals surface area contributed by atoms with E-state index in [0.717, 1.165) is 34.0 Å². The van der Waals surface area contributed by atoms with Gasteiger partial charge in [0.1, 0.15) is 11.7 Å². The van der Waals surface area contributed by atoms with Gasteiger partial charge in [0.25, 0.3) is 0 Å². The summed E-state index contributed by atoms with van der Waals surface area (Å²) in [5.74, 6) is -1.70. The molecule has 7 heteroatoms. The minimum atomic E-state index is -0.862. The van der Waals surface area contributed by atoms with Crippen molar-refractivity contribution in [2.45, 2.75) is 56.9 Å². The average Bonchev–Trinajstić information content (AvgIpc) is 3.38. The third-order valence-corrected chi connectivity index (χ3v) is 9.34. The fourth-order valence-electron chi connectivity index (χ4n) is 7.15. The molecule has 0 radical (unpaired) electrons. The van der Waals surface area contributed by atoms with Gasteiger partial charge in [0.15, 0.2) is 0 Å². The fourth-order valence-corrected chi connectivity index (χ4v) is 7.15. The van der Waals surface area contributed by atoms with Crippen LogP contribution in [0.25, 0.3) is 0 Å². The molecule has 3 aromatic carbocycles. The molecule has 7 nitrogen and oxygen atoms in total. The highest BCUT2D eigenvalue weighted by Gasteiger charge is 2.50. The Balaban J connectivity index is 1.53. The molecule has 5 rings (SSSR count). The van der Waals surface area contributed by atoms with Gasteiger partial charge in [0, 0.05) is 28.9 Å². The highest BCUT2D eigenvalue weighted by Crippen LogP contribution is 2.47. The summed E-state index contributed by atoms with van der Waals surface area (Å²) in [5, 5.41) is 29.2. The summed E-state index contributed by atoms with van der Waals surface area (Å²) >= 11 is 0. The first-order valence-electron chi connectivity index (χ1n) is 15.4. The van der Waals surface area contributed by atoms with Crippen LogP contribution in [0, 0.1) is 11.3 Å². The zero-order chi connectivity index (χ0) is 32.2. The van der Waals surface area contributed by atoms with E-state index >= 15 is 0 Å². The predicted molar refractivity (Wildman–Crippen MR) is 175 cm³/mol. The molecule has 0 saturated heterocycles. The first kappa shape index (κ1) is 31.5. The van der Waals surface area contributed by atoms with Crippen LogP contribution < -0.4 is 9.80 Å². The number of carboxylic acid groups (broad SMARTS) is 2. The molecule has 3 atom stereocenters. The number of nitrogens with zero attached hydrogens (tertiary/aromatic N) is 2.